The van der Waals surface area contributed by atoms with Crippen LogP contribution in [-0.2, 0) is 0 Å². The van der Waals surface area contributed by atoms with Crippen molar-refractivity contribution in [2.45, 2.75) is 36.5 Å². The molecule has 5 aromatic rings. The summed E-state index contributed by atoms with van der Waals surface area (Å²) in [4.78, 5) is 17.6. The van der Waals surface area contributed by atoms with Crippen LogP contribution in [-0.4, -0.2) is 52.5 Å². The van der Waals surface area contributed by atoms with Crippen molar-refractivity contribution in [3.63, 3.8) is 0 Å². The Balaban J connectivity index is 0.000000167. The summed E-state index contributed by atoms with van der Waals surface area (Å²) in [7, 11) is 5.56. The van der Waals surface area contributed by atoms with E-state index in [1.165, 1.54) is 26.5 Å². The van der Waals surface area contributed by atoms with E-state index in [0.29, 0.717) is 29.7 Å². The van der Waals surface area contributed by atoms with Crippen LogP contribution in [0.15, 0.2) is 93.0 Å². The van der Waals surface area contributed by atoms with E-state index in [9.17, 15) is 4.79 Å². The number of nitrogens with zero attached hydrogens (tertiary/aromatic N) is 1. The number of methoxy groups -OCH3 is 2. The first-order valence-corrected chi connectivity index (χ1v) is 17.3. The van der Waals surface area contributed by atoms with E-state index < -0.39 is 0 Å². The van der Waals surface area contributed by atoms with Crippen molar-refractivity contribution >= 4 is 48.8 Å². The Morgan fingerprint density at radius 1 is 0.761 bits per heavy atom. The molecule has 0 saturated carbocycles. The first kappa shape index (κ1) is 32.0. The Labute approximate surface area is 278 Å². The Morgan fingerprint density at radius 2 is 1.43 bits per heavy atom. The van der Waals surface area contributed by atoms with Gasteiger partial charge >= 0.3 is 0 Å². The van der Waals surface area contributed by atoms with Crippen molar-refractivity contribution in [3.8, 4) is 23.0 Å². The van der Waals surface area contributed by atoms with Crippen LogP contribution >= 0.6 is 23.1 Å². The van der Waals surface area contributed by atoms with Crippen LogP contribution in [0.5, 0.6) is 23.0 Å². The molecule has 0 atom stereocenters. The lowest BCUT2D eigenvalue weighted by Crippen LogP contribution is -2.27. The highest BCUT2D eigenvalue weighted by atomic mass is 32.2. The van der Waals surface area contributed by atoms with Gasteiger partial charge in [-0.2, -0.15) is 0 Å². The van der Waals surface area contributed by atoms with E-state index in [1.54, 1.807) is 31.1 Å². The summed E-state index contributed by atoms with van der Waals surface area (Å²) in [5.74, 6) is 3.33. The molecule has 0 amide bonds. The van der Waals surface area contributed by atoms with Gasteiger partial charge in [-0.05, 0) is 106 Å². The van der Waals surface area contributed by atoms with Crippen molar-refractivity contribution in [3.05, 3.63) is 99.7 Å². The van der Waals surface area contributed by atoms with E-state index in [4.69, 9.17) is 18.9 Å². The number of benzene rings is 4. The standard InChI is InChI=1S/C22H25NO2S.C16H14O3S/c1-4-25-16-8-9-17-20(14-16)26-19-7-5-6-18(24-3)22(19)21(17)15-10-12-23(2)13-11-15;1-3-19-10-7-8-11-14(9-10)20-13-6-4-5-12(18-2)15(13)16(11)17/h5-9,14H,4,10-13H2,1-3H3;4-9H,3H2,1-2H3. The maximum atomic E-state index is 12.6. The molecule has 2 aliphatic heterocycles. The molecule has 1 aromatic heterocycles. The van der Waals surface area contributed by atoms with Gasteiger partial charge in [0, 0.05) is 43.2 Å². The van der Waals surface area contributed by atoms with Crippen molar-refractivity contribution in [1.82, 2.24) is 4.90 Å². The minimum absolute atomic E-state index is 0.00856. The summed E-state index contributed by atoms with van der Waals surface area (Å²) >= 11 is 3.39. The van der Waals surface area contributed by atoms with Crippen molar-refractivity contribution in [2.75, 3.05) is 47.6 Å². The molecule has 46 heavy (non-hydrogen) atoms. The highest BCUT2D eigenvalue weighted by molar-refractivity contribution is 7.99. The topological polar surface area (TPSA) is 57.2 Å². The molecule has 0 unspecified atom stereocenters. The Bertz CT molecular complexity index is 1970. The molecule has 6 nitrogen and oxygen atoms in total. The predicted molar refractivity (Wildman–Crippen MR) is 191 cm³/mol. The first-order chi connectivity index (χ1) is 22.4. The molecular weight excluding hydrogens is 615 g/mol. The van der Waals surface area contributed by atoms with Crippen LogP contribution in [0.3, 0.4) is 0 Å². The lowest BCUT2D eigenvalue weighted by Gasteiger charge is -2.31. The van der Waals surface area contributed by atoms with Gasteiger partial charge in [0.1, 0.15) is 23.0 Å². The van der Waals surface area contributed by atoms with Gasteiger partial charge in [-0.15, -0.1) is 11.3 Å². The second-order valence-electron chi connectivity index (χ2n) is 11.2. The minimum atomic E-state index is 0.00856. The third-order valence-electron chi connectivity index (χ3n) is 8.32. The molecule has 0 spiro atoms. The second kappa shape index (κ2) is 14.2. The first-order valence-electron chi connectivity index (χ1n) is 15.6. The van der Waals surface area contributed by atoms with E-state index in [0.717, 1.165) is 52.6 Å². The van der Waals surface area contributed by atoms with Gasteiger partial charge in [0.2, 0.25) is 0 Å². The van der Waals surface area contributed by atoms with Crippen LogP contribution in [0.1, 0.15) is 37.8 Å². The molecule has 4 aromatic carbocycles. The number of ether oxygens (including phenoxy) is 4. The van der Waals surface area contributed by atoms with Crippen molar-refractivity contribution in [1.29, 1.82) is 0 Å². The molecule has 8 heteroatoms. The lowest BCUT2D eigenvalue weighted by molar-refractivity contribution is 0.313. The third-order valence-corrected chi connectivity index (χ3v) is 10.6. The van der Waals surface area contributed by atoms with Gasteiger partial charge in [-0.3, -0.25) is 4.79 Å². The van der Waals surface area contributed by atoms with Crippen LogP contribution in [0.4, 0.5) is 0 Å². The number of piperidine rings is 1. The maximum Gasteiger partial charge on any atom is 0.199 e. The monoisotopic (exact) mass is 653 g/mol. The van der Waals surface area contributed by atoms with Gasteiger partial charge in [0.15, 0.2) is 5.43 Å². The molecule has 0 N–H and O–H groups in total. The summed E-state index contributed by atoms with van der Waals surface area (Å²) in [5.41, 5.74) is 5.50. The fourth-order valence-corrected chi connectivity index (χ4v) is 8.36. The zero-order valence-corrected chi connectivity index (χ0v) is 28.6. The molecule has 7 rings (SSSR count). The fourth-order valence-electron chi connectivity index (χ4n) is 6.10. The minimum Gasteiger partial charge on any atom is -0.496 e. The molecule has 3 heterocycles. The molecule has 2 aliphatic rings. The summed E-state index contributed by atoms with van der Waals surface area (Å²) in [6.07, 6.45) is 2.22. The predicted octanol–water partition coefficient (Wildman–Crippen LogP) is 8.91. The lowest BCUT2D eigenvalue weighted by atomic mass is 9.87. The largest absolute Gasteiger partial charge is 0.496 e. The molecule has 0 aliphatic carbocycles. The number of likely N-dealkylation sites (tertiary alicyclic amines) is 1. The number of rotatable bonds is 6. The maximum absolute atomic E-state index is 12.6. The Hall–Kier alpha value is -3.98. The van der Waals surface area contributed by atoms with Gasteiger partial charge in [0.05, 0.1) is 32.8 Å². The quantitative estimate of drug-likeness (QED) is 0.166. The summed E-state index contributed by atoms with van der Waals surface area (Å²) in [5, 5.41) is 1.35. The van der Waals surface area contributed by atoms with Crippen LogP contribution in [0.25, 0.3) is 25.7 Å². The fraction of sp³-hybridized carbons (Fsp3) is 0.289. The van der Waals surface area contributed by atoms with Gasteiger partial charge in [-0.25, -0.2) is 0 Å². The zero-order chi connectivity index (χ0) is 32.2. The average Bonchev–Trinajstić information content (AvgIpc) is 3.07. The zero-order valence-electron chi connectivity index (χ0n) is 27.0. The van der Waals surface area contributed by atoms with Gasteiger partial charge < -0.3 is 23.8 Å². The van der Waals surface area contributed by atoms with Crippen LogP contribution < -0.4 is 24.4 Å². The highest BCUT2D eigenvalue weighted by Crippen LogP contribution is 2.51. The normalized spacial score (nSPS) is 14.3. The summed E-state index contributed by atoms with van der Waals surface area (Å²) in [6, 6.07) is 24.1. The van der Waals surface area contributed by atoms with Gasteiger partial charge in [-0.1, -0.05) is 29.5 Å². The Morgan fingerprint density at radius 3 is 2.15 bits per heavy atom. The van der Waals surface area contributed by atoms with Gasteiger partial charge in [0.25, 0.3) is 0 Å². The number of fused-ring (bicyclic) bond motifs is 4. The number of hydrogen-bond donors (Lipinski definition) is 0. The van der Waals surface area contributed by atoms with E-state index in [1.807, 2.05) is 62.0 Å². The van der Waals surface area contributed by atoms with Crippen LogP contribution in [0.2, 0.25) is 0 Å². The van der Waals surface area contributed by atoms with E-state index in [2.05, 4.69) is 48.3 Å². The molecule has 238 valence electrons. The average molecular weight is 654 g/mol. The van der Waals surface area contributed by atoms with E-state index >= 15 is 0 Å². The summed E-state index contributed by atoms with van der Waals surface area (Å²) < 4.78 is 24.1. The molecule has 0 radical (unpaired) electrons. The molecule has 0 bridgehead atoms. The second-order valence-corrected chi connectivity index (χ2v) is 13.3. The smallest absolute Gasteiger partial charge is 0.199 e. The molecule has 1 fully saturated rings. The molecular formula is C38H39NO5S2. The summed E-state index contributed by atoms with van der Waals surface area (Å²) in [6.45, 7) is 7.50. The third kappa shape index (κ3) is 6.34. The van der Waals surface area contributed by atoms with Crippen LogP contribution in [0, 0.1) is 0 Å². The highest BCUT2D eigenvalue weighted by Gasteiger charge is 2.28. The number of hydrogen-bond acceptors (Lipinski definition) is 8. The molecule has 1 saturated heterocycles. The van der Waals surface area contributed by atoms with Crippen molar-refractivity contribution < 1.29 is 18.9 Å². The van der Waals surface area contributed by atoms with E-state index in [-0.39, 0.29) is 5.43 Å². The van der Waals surface area contributed by atoms with Crippen molar-refractivity contribution in [2.24, 2.45) is 0 Å². The SMILES string of the molecule is CCOc1ccc2c(=O)c3c(OC)cccc3sc2c1.CCOc1ccc2c(c1)Sc1cccc(OC)c1C2=C1CCN(C)CC1. The Kier molecular flexibility index (Phi) is 9.87.